The Kier molecular flexibility index (Phi) is 7.47. The van der Waals surface area contributed by atoms with Crippen molar-refractivity contribution in [1.82, 2.24) is 24.1 Å². The van der Waals surface area contributed by atoms with Crippen LogP contribution in [0.1, 0.15) is 0 Å². The molecule has 1 aliphatic heterocycles. The standard InChI is InChI=1S/C55H33N5S/c1-3-15-35(16-4-1)52-56-53(58-54(57-52)44-33-37-17-7-8-20-39(37)41-21-9-10-22-42(41)44)36-31-29-34(30-32-36)40-23-13-26-46-49(40)50-43-24-14-28-48-51(43)60(45-25-11-12-27-47(45)61-48)55(50)59(46)38-18-5-2-6-19-38/h1-33H. The molecule has 0 saturated carbocycles. The molecular weight excluding hydrogens is 763 g/mol. The average molecular weight is 796 g/mol. The van der Waals surface area contributed by atoms with Crippen molar-refractivity contribution in [1.29, 1.82) is 0 Å². The number of hydrogen-bond donors (Lipinski definition) is 0. The van der Waals surface area contributed by atoms with E-state index in [2.05, 4.69) is 191 Å². The average Bonchev–Trinajstić information content (AvgIpc) is 3.86. The zero-order chi connectivity index (χ0) is 40.0. The molecule has 61 heavy (non-hydrogen) atoms. The lowest BCUT2D eigenvalue weighted by Crippen LogP contribution is -2.05. The second-order valence-corrected chi connectivity index (χ2v) is 16.7. The van der Waals surface area contributed by atoms with Gasteiger partial charge in [0.1, 0.15) is 5.65 Å². The molecule has 0 N–H and O–H groups in total. The third kappa shape index (κ3) is 5.19. The summed E-state index contributed by atoms with van der Waals surface area (Å²) in [4.78, 5) is 18.0. The Balaban J connectivity index is 1.02. The van der Waals surface area contributed by atoms with E-state index in [1.807, 2.05) is 30.0 Å². The van der Waals surface area contributed by atoms with Crippen LogP contribution in [0.5, 0.6) is 0 Å². The molecule has 6 heteroatoms. The normalized spacial score (nSPS) is 12.2. The van der Waals surface area contributed by atoms with Crippen LogP contribution in [0.15, 0.2) is 210 Å². The molecule has 0 spiro atoms. The largest absolute Gasteiger partial charge is 0.295 e. The van der Waals surface area contributed by atoms with E-state index in [0.717, 1.165) is 38.7 Å². The summed E-state index contributed by atoms with van der Waals surface area (Å²) in [5.74, 6) is 1.93. The van der Waals surface area contributed by atoms with Crippen LogP contribution in [0.25, 0.3) is 111 Å². The number of benzene rings is 9. The Morgan fingerprint density at radius 2 is 0.984 bits per heavy atom. The first-order valence-electron chi connectivity index (χ1n) is 20.5. The molecular formula is C55H33N5S. The van der Waals surface area contributed by atoms with E-state index in [-0.39, 0.29) is 0 Å². The smallest absolute Gasteiger partial charge is 0.164 e. The Morgan fingerprint density at radius 1 is 0.377 bits per heavy atom. The summed E-state index contributed by atoms with van der Waals surface area (Å²) < 4.78 is 4.94. The molecule has 0 radical (unpaired) electrons. The Morgan fingerprint density at radius 3 is 1.80 bits per heavy atom. The summed E-state index contributed by atoms with van der Waals surface area (Å²) in [7, 11) is 0. The fourth-order valence-electron chi connectivity index (χ4n) is 9.48. The number of hydrogen-bond acceptors (Lipinski definition) is 4. The fourth-order valence-corrected chi connectivity index (χ4v) is 10.6. The van der Waals surface area contributed by atoms with Gasteiger partial charge in [-0.25, -0.2) is 15.0 Å². The van der Waals surface area contributed by atoms with Crippen LogP contribution in [0.2, 0.25) is 0 Å². The van der Waals surface area contributed by atoms with Crippen molar-refractivity contribution in [3.63, 3.8) is 0 Å². The highest BCUT2D eigenvalue weighted by molar-refractivity contribution is 7.99. The number of fused-ring (bicyclic) bond motifs is 10. The predicted octanol–water partition coefficient (Wildman–Crippen LogP) is 14.4. The summed E-state index contributed by atoms with van der Waals surface area (Å²) >= 11 is 1.85. The van der Waals surface area contributed by atoms with Gasteiger partial charge in [0, 0.05) is 48.3 Å². The lowest BCUT2D eigenvalue weighted by Gasteiger charge is -2.21. The Bertz CT molecular complexity index is 3720. The lowest BCUT2D eigenvalue weighted by molar-refractivity contribution is 1.03. The van der Waals surface area contributed by atoms with Crippen LogP contribution in [-0.4, -0.2) is 24.1 Å². The Hall–Kier alpha value is -7.80. The van der Waals surface area contributed by atoms with Crippen LogP contribution in [-0.2, 0) is 0 Å². The molecule has 0 amide bonds. The highest BCUT2D eigenvalue weighted by Crippen LogP contribution is 2.51. The summed E-state index contributed by atoms with van der Waals surface area (Å²) in [6.45, 7) is 0. The summed E-state index contributed by atoms with van der Waals surface area (Å²) in [5.41, 5.74) is 11.1. The molecule has 0 atom stereocenters. The minimum Gasteiger partial charge on any atom is -0.295 e. The third-order valence-corrected chi connectivity index (χ3v) is 13.3. The van der Waals surface area contributed by atoms with Gasteiger partial charge >= 0.3 is 0 Å². The van der Waals surface area contributed by atoms with Gasteiger partial charge in [0.25, 0.3) is 0 Å². The quantitative estimate of drug-likeness (QED) is 0.163. The maximum atomic E-state index is 5.24. The molecule has 0 bridgehead atoms. The van der Waals surface area contributed by atoms with Crippen LogP contribution < -0.4 is 0 Å². The van der Waals surface area contributed by atoms with Crippen molar-refractivity contribution in [3.8, 4) is 56.7 Å². The van der Waals surface area contributed by atoms with Gasteiger partial charge in [-0.05, 0) is 75.1 Å². The van der Waals surface area contributed by atoms with E-state index in [4.69, 9.17) is 15.0 Å². The number of aromatic nitrogens is 5. The van der Waals surface area contributed by atoms with Crippen LogP contribution in [0, 0.1) is 0 Å². The van der Waals surface area contributed by atoms with Crippen LogP contribution in [0.4, 0.5) is 0 Å². The molecule has 284 valence electrons. The van der Waals surface area contributed by atoms with Crippen molar-refractivity contribution < 1.29 is 0 Å². The maximum Gasteiger partial charge on any atom is 0.164 e. The van der Waals surface area contributed by atoms with Crippen molar-refractivity contribution in [2.75, 3.05) is 0 Å². The van der Waals surface area contributed by atoms with Crippen molar-refractivity contribution in [2.45, 2.75) is 9.79 Å². The van der Waals surface area contributed by atoms with Crippen LogP contribution in [0.3, 0.4) is 0 Å². The zero-order valence-corrected chi connectivity index (χ0v) is 33.5. The minimum atomic E-state index is 0.633. The number of nitrogens with zero attached hydrogens (tertiary/aromatic N) is 5. The van der Waals surface area contributed by atoms with E-state index in [1.54, 1.807) is 0 Å². The van der Waals surface area contributed by atoms with Gasteiger partial charge < -0.3 is 0 Å². The van der Waals surface area contributed by atoms with Crippen molar-refractivity contribution in [2.24, 2.45) is 0 Å². The van der Waals surface area contributed by atoms with Gasteiger partial charge in [-0.1, -0.05) is 169 Å². The summed E-state index contributed by atoms with van der Waals surface area (Å²) in [6.07, 6.45) is 0. The van der Waals surface area contributed by atoms with Gasteiger partial charge in [-0.3, -0.25) is 9.13 Å². The SMILES string of the molecule is c1ccc(-c2nc(-c3ccc(-c4cccc5c4c4c6cccc7c6n(c4n5-c4ccccc4)-c4ccccc4S7)cc3)nc(-c3cc4ccccc4c4ccccc34)n2)cc1. The lowest BCUT2D eigenvalue weighted by atomic mass is 9.96. The molecule has 0 fully saturated rings. The highest BCUT2D eigenvalue weighted by atomic mass is 32.2. The monoisotopic (exact) mass is 795 g/mol. The van der Waals surface area contributed by atoms with E-state index < -0.39 is 0 Å². The topological polar surface area (TPSA) is 48.5 Å². The van der Waals surface area contributed by atoms with Gasteiger partial charge in [-0.2, -0.15) is 0 Å². The van der Waals surface area contributed by atoms with E-state index in [9.17, 15) is 0 Å². The van der Waals surface area contributed by atoms with E-state index in [1.165, 1.54) is 64.7 Å². The molecule has 13 rings (SSSR count). The van der Waals surface area contributed by atoms with Gasteiger partial charge in [0.2, 0.25) is 0 Å². The summed E-state index contributed by atoms with van der Waals surface area (Å²) in [6, 6.07) is 71.3. The molecule has 12 aromatic rings. The van der Waals surface area contributed by atoms with Gasteiger partial charge in [-0.15, -0.1) is 0 Å². The number of rotatable bonds is 5. The predicted molar refractivity (Wildman–Crippen MR) is 252 cm³/mol. The molecule has 1 aliphatic rings. The van der Waals surface area contributed by atoms with Crippen molar-refractivity contribution >= 4 is 66.1 Å². The van der Waals surface area contributed by atoms with Crippen LogP contribution >= 0.6 is 11.8 Å². The number of para-hydroxylation sites is 3. The summed E-state index contributed by atoms with van der Waals surface area (Å²) in [5, 5.41) is 8.39. The molecule has 0 saturated heterocycles. The Labute approximate surface area is 355 Å². The van der Waals surface area contributed by atoms with E-state index in [0.29, 0.717) is 17.5 Å². The molecule has 0 aliphatic carbocycles. The van der Waals surface area contributed by atoms with Crippen molar-refractivity contribution in [3.05, 3.63) is 200 Å². The van der Waals surface area contributed by atoms with Gasteiger partial charge in [0.05, 0.1) is 16.7 Å². The highest BCUT2D eigenvalue weighted by Gasteiger charge is 2.29. The minimum absolute atomic E-state index is 0.633. The first-order chi connectivity index (χ1) is 30.3. The zero-order valence-electron chi connectivity index (χ0n) is 32.7. The first-order valence-corrected chi connectivity index (χ1v) is 21.3. The molecule has 4 heterocycles. The van der Waals surface area contributed by atoms with E-state index >= 15 is 0 Å². The fraction of sp³-hybridized carbons (Fsp3) is 0. The van der Waals surface area contributed by atoms with Gasteiger partial charge in [0.15, 0.2) is 17.5 Å². The third-order valence-electron chi connectivity index (χ3n) is 12.1. The molecule has 5 nitrogen and oxygen atoms in total. The second kappa shape index (κ2) is 13.4. The first kappa shape index (κ1) is 34.1. The maximum absolute atomic E-state index is 5.24. The molecule has 3 aromatic heterocycles. The molecule has 9 aromatic carbocycles. The second-order valence-electron chi connectivity index (χ2n) is 15.6. The molecule has 0 unspecified atom stereocenters.